The molecule has 1 amide bonds. The van der Waals surface area contributed by atoms with Gasteiger partial charge in [-0.15, -0.1) is 12.4 Å². The standard InChI is InChI=1S/C19H20N2O4.ClH/c22-18(23)11-20-9-10-21-19(24)25-12-17-15-7-3-1-5-13(15)14-6-2-4-8-16(14)17;/h1-8,17,20H,9-12H2,(H,21,24)(H,22,23);1H. The van der Waals surface area contributed by atoms with Crippen LogP contribution in [0.5, 0.6) is 0 Å². The molecule has 0 aromatic heterocycles. The molecule has 0 heterocycles. The summed E-state index contributed by atoms with van der Waals surface area (Å²) >= 11 is 0. The van der Waals surface area contributed by atoms with Crippen LogP contribution >= 0.6 is 12.4 Å². The van der Waals surface area contributed by atoms with E-state index in [0.29, 0.717) is 13.1 Å². The van der Waals surface area contributed by atoms with E-state index >= 15 is 0 Å². The second-order valence-corrected chi connectivity index (χ2v) is 5.82. The van der Waals surface area contributed by atoms with Gasteiger partial charge in [0.2, 0.25) is 0 Å². The molecule has 7 heteroatoms. The Kier molecular flexibility index (Phi) is 7.00. The zero-order chi connectivity index (χ0) is 17.6. The average molecular weight is 377 g/mol. The molecule has 2 aromatic rings. The van der Waals surface area contributed by atoms with Crippen LogP contribution in [0, 0.1) is 0 Å². The predicted octanol–water partition coefficient (Wildman–Crippen LogP) is 2.62. The molecule has 0 unspecified atom stereocenters. The summed E-state index contributed by atoms with van der Waals surface area (Å²) < 4.78 is 5.37. The number of hydrogen-bond acceptors (Lipinski definition) is 4. The highest BCUT2D eigenvalue weighted by Crippen LogP contribution is 2.44. The Bertz CT molecular complexity index is 736. The second kappa shape index (κ2) is 9.22. The molecule has 2 aromatic carbocycles. The molecular formula is C19H21ClN2O4. The maximum Gasteiger partial charge on any atom is 0.407 e. The number of benzene rings is 2. The maximum absolute atomic E-state index is 11.8. The lowest BCUT2D eigenvalue weighted by Crippen LogP contribution is -2.34. The Hall–Kier alpha value is -2.57. The number of hydrogen-bond donors (Lipinski definition) is 3. The Balaban J connectivity index is 0.00000243. The summed E-state index contributed by atoms with van der Waals surface area (Å²) in [5, 5.41) is 13.8. The van der Waals surface area contributed by atoms with Crippen molar-refractivity contribution in [3.8, 4) is 11.1 Å². The van der Waals surface area contributed by atoms with Crippen molar-refractivity contribution < 1.29 is 19.4 Å². The first-order valence-electron chi connectivity index (χ1n) is 8.18. The van der Waals surface area contributed by atoms with E-state index in [2.05, 4.69) is 34.9 Å². The van der Waals surface area contributed by atoms with Crippen molar-refractivity contribution in [2.75, 3.05) is 26.2 Å². The number of rotatable bonds is 7. The number of ether oxygens (including phenoxy) is 1. The van der Waals surface area contributed by atoms with Crippen molar-refractivity contribution in [2.45, 2.75) is 5.92 Å². The maximum atomic E-state index is 11.8. The van der Waals surface area contributed by atoms with Crippen LogP contribution in [0.4, 0.5) is 4.79 Å². The molecule has 0 radical (unpaired) electrons. The monoisotopic (exact) mass is 376 g/mol. The molecule has 6 nitrogen and oxygen atoms in total. The van der Waals surface area contributed by atoms with Crippen molar-refractivity contribution in [1.82, 2.24) is 10.6 Å². The van der Waals surface area contributed by atoms with Crippen LogP contribution in [0.1, 0.15) is 17.0 Å². The first-order chi connectivity index (χ1) is 12.2. The van der Waals surface area contributed by atoms with E-state index in [0.717, 1.165) is 0 Å². The number of nitrogens with one attached hydrogen (secondary N) is 2. The SMILES string of the molecule is Cl.O=C(O)CNCCNC(=O)OCC1c2ccccc2-c2ccccc21. The number of carboxylic acid groups (broad SMARTS) is 1. The molecule has 26 heavy (non-hydrogen) atoms. The van der Waals surface area contributed by atoms with E-state index in [1.807, 2.05) is 24.3 Å². The summed E-state index contributed by atoms with van der Waals surface area (Å²) in [5.74, 6) is -0.899. The normalized spacial score (nSPS) is 11.8. The first kappa shape index (κ1) is 19.8. The van der Waals surface area contributed by atoms with Gasteiger partial charge in [-0.2, -0.15) is 0 Å². The lowest BCUT2D eigenvalue weighted by atomic mass is 9.98. The zero-order valence-corrected chi connectivity index (χ0v) is 14.9. The minimum Gasteiger partial charge on any atom is -0.480 e. The fourth-order valence-electron chi connectivity index (χ4n) is 3.10. The molecular weight excluding hydrogens is 356 g/mol. The van der Waals surface area contributed by atoms with Crippen molar-refractivity contribution in [3.63, 3.8) is 0 Å². The van der Waals surface area contributed by atoms with Crippen molar-refractivity contribution in [2.24, 2.45) is 0 Å². The number of carbonyl (C=O) groups is 2. The average Bonchev–Trinajstić information content (AvgIpc) is 2.93. The fraction of sp³-hybridized carbons (Fsp3) is 0.263. The summed E-state index contributed by atoms with van der Waals surface area (Å²) in [5.41, 5.74) is 4.70. The van der Waals surface area contributed by atoms with Crippen molar-refractivity contribution in [3.05, 3.63) is 59.7 Å². The summed E-state index contributed by atoms with van der Waals surface area (Å²) in [4.78, 5) is 22.2. The molecule has 0 spiro atoms. The number of amides is 1. The van der Waals surface area contributed by atoms with Crippen LogP contribution in [0.25, 0.3) is 11.1 Å². The topological polar surface area (TPSA) is 87.7 Å². The highest BCUT2D eigenvalue weighted by atomic mass is 35.5. The Morgan fingerprint density at radius 2 is 1.54 bits per heavy atom. The van der Waals surface area contributed by atoms with Crippen LogP contribution < -0.4 is 10.6 Å². The van der Waals surface area contributed by atoms with Crippen LogP contribution in [-0.4, -0.2) is 43.4 Å². The van der Waals surface area contributed by atoms with Gasteiger partial charge in [0.15, 0.2) is 0 Å². The van der Waals surface area contributed by atoms with E-state index in [4.69, 9.17) is 9.84 Å². The lowest BCUT2D eigenvalue weighted by Gasteiger charge is -2.14. The molecule has 1 aliphatic rings. The number of halogens is 1. The van der Waals surface area contributed by atoms with Gasteiger partial charge in [0.25, 0.3) is 0 Å². The largest absolute Gasteiger partial charge is 0.480 e. The van der Waals surface area contributed by atoms with Crippen LogP contribution in [0.15, 0.2) is 48.5 Å². The third-order valence-electron chi connectivity index (χ3n) is 4.19. The van der Waals surface area contributed by atoms with Gasteiger partial charge in [0.1, 0.15) is 6.61 Å². The first-order valence-corrected chi connectivity index (χ1v) is 8.18. The Morgan fingerprint density at radius 1 is 0.962 bits per heavy atom. The highest BCUT2D eigenvalue weighted by molar-refractivity contribution is 5.85. The number of aliphatic carboxylic acids is 1. The van der Waals surface area contributed by atoms with Gasteiger partial charge in [-0.3, -0.25) is 4.79 Å². The zero-order valence-electron chi connectivity index (χ0n) is 14.1. The van der Waals surface area contributed by atoms with Crippen LogP contribution in [0.3, 0.4) is 0 Å². The van der Waals surface area contributed by atoms with E-state index in [1.54, 1.807) is 0 Å². The number of carbonyl (C=O) groups excluding carboxylic acids is 1. The van der Waals surface area contributed by atoms with Crippen LogP contribution in [-0.2, 0) is 9.53 Å². The van der Waals surface area contributed by atoms with Crippen molar-refractivity contribution in [1.29, 1.82) is 0 Å². The number of carboxylic acids is 1. The second-order valence-electron chi connectivity index (χ2n) is 5.82. The molecule has 3 N–H and O–H groups in total. The third kappa shape index (κ3) is 4.53. The highest BCUT2D eigenvalue weighted by Gasteiger charge is 2.28. The van der Waals surface area contributed by atoms with Crippen LogP contribution in [0.2, 0.25) is 0 Å². The summed E-state index contributed by atoms with van der Waals surface area (Å²) in [6.07, 6.45) is -0.501. The molecule has 3 rings (SSSR count). The summed E-state index contributed by atoms with van der Waals surface area (Å²) in [6, 6.07) is 16.3. The van der Waals surface area contributed by atoms with Gasteiger partial charge < -0.3 is 20.5 Å². The smallest absolute Gasteiger partial charge is 0.407 e. The molecule has 0 bridgehead atoms. The van der Waals surface area contributed by atoms with Gasteiger partial charge in [0.05, 0.1) is 6.54 Å². The minimum atomic E-state index is -0.929. The molecule has 0 aliphatic heterocycles. The predicted molar refractivity (Wildman–Crippen MR) is 101 cm³/mol. The van der Waals surface area contributed by atoms with Gasteiger partial charge in [-0.1, -0.05) is 48.5 Å². The molecule has 138 valence electrons. The number of alkyl carbamates (subject to hydrolysis) is 1. The van der Waals surface area contributed by atoms with E-state index < -0.39 is 12.1 Å². The van der Waals surface area contributed by atoms with Gasteiger partial charge in [-0.05, 0) is 22.3 Å². The van der Waals surface area contributed by atoms with E-state index in [1.165, 1.54) is 22.3 Å². The Labute approximate surface area is 158 Å². The van der Waals surface area contributed by atoms with Gasteiger partial charge >= 0.3 is 12.1 Å². The quantitative estimate of drug-likeness (QED) is 0.646. The summed E-state index contributed by atoms with van der Waals surface area (Å²) in [6.45, 7) is 0.815. The molecule has 0 fully saturated rings. The Morgan fingerprint density at radius 3 is 2.12 bits per heavy atom. The molecule has 1 aliphatic carbocycles. The molecule has 0 saturated heterocycles. The van der Waals surface area contributed by atoms with Gasteiger partial charge in [-0.25, -0.2) is 4.79 Å². The van der Waals surface area contributed by atoms with Crippen molar-refractivity contribution >= 4 is 24.5 Å². The van der Waals surface area contributed by atoms with E-state index in [9.17, 15) is 9.59 Å². The minimum absolute atomic E-state index is 0. The fourth-order valence-corrected chi connectivity index (χ4v) is 3.10. The molecule has 0 atom stereocenters. The molecule has 0 saturated carbocycles. The number of fused-ring (bicyclic) bond motifs is 3. The van der Waals surface area contributed by atoms with Gasteiger partial charge in [0, 0.05) is 19.0 Å². The third-order valence-corrected chi connectivity index (χ3v) is 4.19. The lowest BCUT2D eigenvalue weighted by molar-refractivity contribution is -0.135. The van der Waals surface area contributed by atoms with E-state index in [-0.39, 0.29) is 31.5 Å². The summed E-state index contributed by atoms with van der Waals surface area (Å²) in [7, 11) is 0.